The minimum atomic E-state index is 0.391. The molecule has 0 saturated heterocycles. The first-order chi connectivity index (χ1) is 10.3. The lowest BCUT2D eigenvalue weighted by atomic mass is 9.74. The molecule has 0 heterocycles. The van der Waals surface area contributed by atoms with Gasteiger partial charge in [-0.25, -0.2) is 0 Å². The standard InChI is InChI=1S/C19H22ClN/c1-2-10-21-19(15-7-5-8-17(20)12-15)13-16-11-14-6-3-4-9-18(14)16/h3-9,12,16,19,21H,2,10-11,13H2,1H3. The molecule has 2 heteroatoms. The van der Waals surface area contributed by atoms with E-state index in [9.17, 15) is 0 Å². The van der Waals surface area contributed by atoms with Gasteiger partial charge >= 0.3 is 0 Å². The maximum Gasteiger partial charge on any atom is 0.0409 e. The quantitative estimate of drug-likeness (QED) is 0.781. The van der Waals surface area contributed by atoms with Gasteiger partial charge in [0.25, 0.3) is 0 Å². The van der Waals surface area contributed by atoms with Crippen LogP contribution in [0.25, 0.3) is 0 Å². The van der Waals surface area contributed by atoms with E-state index in [0.717, 1.165) is 24.4 Å². The topological polar surface area (TPSA) is 12.0 Å². The first-order valence-electron chi connectivity index (χ1n) is 7.84. The highest BCUT2D eigenvalue weighted by Crippen LogP contribution is 2.40. The van der Waals surface area contributed by atoms with Gasteiger partial charge in [0.05, 0.1) is 0 Å². The predicted octanol–water partition coefficient (Wildman–Crippen LogP) is 5.11. The molecule has 1 N–H and O–H groups in total. The molecule has 0 bridgehead atoms. The maximum absolute atomic E-state index is 6.16. The van der Waals surface area contributed by atoms with Crippen molar-refractivity contribution >= 4 is 11.6 Å². The van der Waals surface area contributed by atoms with Gasteiger partial charge in [0.15, 0.2) is 0 Å². The van der Waals surface area contributed by atoms with Gasteiger partial charge in [0.2, 0.25) is 0 Å². The van der Waals surface area contributed by atoms with Crippen LogP contribution in [-0.4, -0.2) is 6.54 Å². The summed E-state index contributed by atoms with van der Waals surface area (Å²) in [6.07, 6.45) is 3.51. The van der Waals surface area contributed by atoms with Gasteiger partial charge in [-0.05, 0) is 60.5 Å². The van der Waals surface area contributed by atoms with Crippen molar-refractivity contribution in [2.45, 2.75) is 38.1 Å². The van der Waals surface area contributed by atoms with E-state index in [2.05, 4.69) is 48.6 Å². The normalized spacial score (nSPS) is 17.9. The molecule has 0 radical (unpaired) electrons. The van der Waals surface area contributed by atoms with Gasteiger partial charge in [-0.3, -0.25) is 0 Å². The lowest BCUT2D eigenvalue weighted by Crippen LogP contribution is -2.27. The molecule has 21 heavy (non-hydrogen) atoms. The van der Waals surface area contributed by atoms with Crippen molar-refractivity contribution in [3.05, 3.63) is 70.2 Å². The van der Waals surface area contributed by atoms with Crippen molar-refractivity contribution in [2.75, 3.05) is 6.54 Å². The molecule has 0 saturated carbocycles. The van der Waals surface area contributed by atoms with Gasteiger partial charge in [-0.2, -0.15) is 0 Å². The molecule has 0 fully saturated rings. The molecular formula is C19H22ClN. The van der Waals surface area contributed by atoms with E-state index >= 15 is 0 Å². The van der Waals surface area contributed by atoms with Crippen LogP contribution in [0.3, 0.4) is 0 Å². The number of rotatable bonds is 6. The zero-order valence-corrected chi connectivity index (χ0v) is 13.2. The van der Waals surface area contributed by atoms with Crippen LogP contribution in [0.4, 0.5) is 0 Å². The summed E-state index contributed by atoms with van der Waals surface area (Å²) in [5.74, 6) is 0.675. The summed E-state index contributed by atoms with van der Waals surface area (Å²) in [5.41, 5.74) is 4.35. The highest BCUT2D eigenvalue weighted by atomic mass is 35.5. The lowest BCUT2D eigenvalue weighted by molar-refractivity contribution is 0.428. The van der Waals surface area contributed by atoms with Crippen molar-refractivity contribution in [1.82, 2.24) is 5.32 Å². The average molecular weight is 300 g/mol. The summed E-state index contributed by atoms with van der Waals surface area (Å²) < 4.78 is 0. The molecule has 0 aliphatic heterocycles. The third-order valence-electron chi connectivity index (χ3n) is 4.37. The second kappa shape index (κ2) is 6.64. The van der Waals surface area contributed by atoms with Crippen LogP contribution in [0.2, 0.25) is 5.02 Å². The number of hydrogen-bond acceptors (Lipinski definition) is 1. The van der Waals surface area contributed by atoms with Crippen LogP contribution in [0.15, 0.2) is 48.5 Å². The molecular weight excluding hydrogens is 278 g/mol. The van der Waals surface area contributed by atoms with Crippen molar-refractivity contribution in [1.29, 1.82) is 0 Å². The molecule has 0 amide bonds. The first kappa shape index (κ1) is 14.6. The second-order valence-corrected chi connectivity index (χ2v) is 6.33. The zero-order valence-electron chi connectivity index (χ0n) is 12.5. The Morgan fingerprint density at radius 1 is 1.19 bits per heavy atom. The van der Waals surface area contributed by atoms with Gasteiger partial charge in [0, 0.05) is 11.1 Å². The highest BCUT2D eigenvalue weighted by Gasteiger charge is 2.28. The molecule has 2 atom stereocenters. The number of fused-ring (bicyclic) bond motifs is 1. The zero-order chi connectivity index (χ0) is 14.7. The van der Waals surface area contributed by atoms with Crippen LogP contribution in [0, 0.1) is 0 Å². The Kier molecular flexibility index (Phi) is 4.62. The Balaban J connectivity index is 1.75. The number of benzene rings is 2. The summed E-state index contributed by atoms with van der Waals surface area (Å²) in [6, 6.07) is 17.5. The van der Waals surface area contributed by atoms with Crippen molar-refractivity contribution in [3.63, 3.8) is 0 Å². The van der Waals surface area contributed by atoms with Crippen LogP contribution in [0.1, 0.15) is 48.4 Å². The average Bonchev–Trinajstić information content (AvgIpc) is 2.48. The van der Waals surface area contributed by atoms with Crippen molar-refractivity contribution in [3.8, 4) is 0 Å². The molecule has 2 aromatic carbocycles. The number of halogens is 1. The van der Waals surface area contributed by atoms with Crippen LogP contribution < -0.4 is 5.32 Å². The predicted molar refractivity (Wildman–Crippen MR) is 90.0 cm³/mol. The van der Waals surface area contributed by atoms with Crippen molar-refractivity contribution in [2.24, 2.45) is 0 Å². The highest BCUT2D eigenvalue weighted by molar-refractivity contribution is 6.30. The second-order valence-electron chi connectivity index (χ2n) is 5.90. The molecule has 2 unspecified atom stereocenters. The molecule has 1 aliphatic carbocycles. The minimum absolute atomic E-state index is 0.391. The Morgan fingerprint density at radius 3 is 2.81 bits per heavy atom. The largest absolute Gasteiger partial charge is 0.310 e. The molecule has 0 aromatic heterocycles. The Morgan fingerprint density at radius 2 is 2.05 bits per heavy atom. The Hall–Kier alpha value is -1.31. The van der Waals surface area contributed by atoms with E-state index in [0.29, 0.717) is 12.0 Å². The van der Waals surface area contributed by atoms with E-state index in [1.54, 1.807) is 0 Å². The van der Waals surface area contributed by atoms with E-state index in [1.807, 2.05) is 12.1 Å². The lowest BCUT2D eigenvalue weighted by Gasteiger charge is -2.33. The van der Waals surface area contributed by atoms with Gasteiger partial charge < -0.3 is 5.32 Å². The first-order valence-corrected chi connectivity index (χ1v) is 8.22. The fraction of sp³-hybridized carbons (Fsp3) is 0.368. The Labute approximate surface area is 132 Å². The molecule has 1 nitrogen and oxygen atoms in total. The smallest absolute Gasteiger partial charge is 0.0409 e. The summed E-state index contributed by atoms with van der Waals surface area (Å²) in [6.45, 7) is 3.26. The van der Waals surface area contributed by atoms with Gasteiger partial charge in [0.1, 0.15) is 0 Å². The van der Waals surface area contributed by atoms with Crippen molar-refractivity contribution < 1.29 is 0 Å². The van der Waals surface area contributed by atoms with E-state index in [1.165, 1.54) is 23.1 Å². The van der Waals surface area contributed by atoms with E-state index in [-0.39, 0.29) is 0 Å². The molecule has 1 aliphatic rings. The van der Waals surface area contributed by atoms with E-state index < -0.39 is 0 Å². The van der Waals surface area contributed by atoms with E-state index in [4.69, 9.17) is 11.6 Å². The summed E-state index contributed by atoms with van der Waals surface area (Å²) in [4.78, 5) is 0. The maximum atomic E-state index is 6.16. The number of nitrogens with one attached hydrogen (secondary N) is 1. The third-order valence-corrected chi connectivity index (χ3v) is 4.61. The SMILES string of the molecule is CCCNC(CC1Cc2ccccc21)c1cccc(Cl)c1. The van der Waals surface area contributed by atoms with Gasteiger partial charge in [-0.1, -0.05) is 54.9 Å². The summed E-state index contributed by atoms with van der Waals surface area (Å²) in [7, 11) is 0. The Bertz CT molecular complexity index is 608. The number of hydrogen-bond donors (Lipinski definition) is 1. The van der Waals surface area contributed by atoms with Gasteiger partial charge in [-0.15, -0.1) is 0 Å². The monoisotopic (exact) mass is 299 g/mol. The fourth-order valence-corrected chi connectivity index (χ4v) is 3.44. The fourth-order valence-electron chi connectivity index (χ4n) is 3.24. The van der Waals surface area contributed by atoms with Crippen LogP contribution >= 0.6 is 11.6 Å². The molecule has 2 aromatic rings. The molecule has 3 rings (SSSR count). The summed E-state index contributed by atoms with van der Waals surface area (Å²) >= 11 is 6.16. The van der Waals surface area contributed by atoms with Crippen LogP contribution in [0.5, 0.6) is 0 Å². The third kappa shape index (κ3) is 3.30. The minimum Gasteiger partial charge on any atom is -0.310 e. The van der Waals surface area contributed by atoms with Crippen LogP contribution in [-0.2, 0) is 6.42 Å². The summed E-state index contributed by atoms with van der Waals surface area (Å²) in [5, 5.41) is 4.51. The molecule has 110 valence electrons. The molecule has 0 spiro atoms.